The van der Waals surface area contributed by atoms with Crippen LogP contribution in [-0.4, -0.2) is 11.9 Å². The van der Waals surface area contributed by atoms with E-state index in [9.17, 15) is 9.59 Å². The van der Waals surface area contributed by atoms with Crippen molar-refractivity contribution in [2.45, 2.75) is 46.0 Å². The quantitative estimate of drug-likeness (QED) is 0.285. The maximum absolute atomic E-state index is 10.8. The molecule has 0 heterocycles. The second-order valence-electron chi connectivity index (χ2n) is 3.16. The van der Waals surface area contributed by atoms with Gasteiger partial charge in [0.25, 0.3) is 0 Å². The summed E-state index contributed by atoms with van der Waals surface area (Å²) in [7, 11) is 0. The predicted molar refractivity (Wildman–Crippen MR) is 54.7 cm³/mol. The van der Waals surface area contributed by atoms with Gasteiger partial charge in [0.15, 0.2) is 0 Å². The summed E-state index contributed by atoms with van der Waals surface area (Å²) in [5.74, 6) is -1.14. The molecule has 0 radical (unpaired) electrons. The molecule has 0 spiro atoms. The van der Waals surface area contributed by atoms with E-state index in [1.54, 1.807) is 6.08 Å². The van der Waals surface area contributed by atoms with Crippen LogP contribution in [0.1, 0.15) is 46.0 Å². The van der Waals surface area contributed by atoms with Crippen LogP contribution in [0.2, 0.25) is 0 Å². The molecule has 14 heavy (non-hydrogen) atoms. The normalized spacial score (nSPS) is 10.4. The molecule has 0 aliphatic heterocycles. The van der Waals surface area contributed by atoms with Gasteiger partial charge < -0.3 is 4.74 Å². The molecule has 0 unspecified atom stereocenters. The van der Waals surface area contributed by atoms with Crippen molar-refractivity contribution in [3.8, 4) is 0 Å². The topological polar surface area (TPSA) is 43.4 Å². The molecule has 3 nitrogen and oxygen atoms in total. The van der Waals surface area contributed by atoms with Crippen molar-refractivity contribution in [2.24, 2.45) is 0 Å². The molecule has 0 atom stereocenters. The summed E-state index contributed by atoms with van der Waals surface area (Å²) in [6, 6.07) is 0. The molecule has 0 aromatic rings. The number of carbonyl (C=O) groups excluding carboxylic acids is 2. The van der Waals surface area contributed by atoms with E-state index in [1.165, 1.54) is 32.3 Å². The van der Waals surface area contributed by atoms with E-state index in [2.05, 4.69) is 11.7 Å². The predicted octanol–water partition coefficient (Wildman–Crippen LogP) is 2.60. The lowest BCUT2D eigenvalue weighted by atomic mass is 10.1. The van der Waals surface area contributed by atoms with Crippen molar-refractivity contribution in [3.05, 3.63) is 12.2 Å². The van der Waals surface area contributed by atoms with Crippen LogP contribution in [0.4, 0.5) is 0 Å². The van der Waals surface area contributed by atoms with Crippen LogP contribution < -0.4 is 0 Å². The van der Waals surface area contributed by atoms with Gasteiger partial charge in [0.2, 0.25) is 0 Å². The van der Waals surface area contributed by atoms with Crippen LogP contribution >= 0.6 is 0 Å². The number of rotatable bonds is 6. The van der Waals surface area contributed by atoms with Crippen molar-refractivity contribution in [1.29, 1.82) is 0 Å². The lowest BCUT2D eigenvalue weighted by molar-refractivity contribution is -0.154. The van der Waals surface area contributed by atoms with Gasteiger partial charge in [-0.15, -0.1) is 0 Å². The van der Waals surface area contributed by atoms with E-state index < -0.39 is 11.9 Å². The van der Waals surface area contributed by atoms with E-state index in [0.29, 0.717) is 0 Å². The van der Waals surface area contributed by atoms with Gasteiger partial charge in [-0.2, -0.15) is 0 Å². The van der Waals surface area contributed by atoms with Gasteiger partial charge in [0, 0.05) is 13.0 Å². The van der Waals surface area contributed by atoms with Crippen LogP contribution in [0.3, 0.4) is 0 Å². The van der Waals surface area contributed by atoms with Crippen LogP contribution in [-0.2, 0) is 14.3 Å². The Morgan fingerprint density at radius 3 is 2.50 bits per heavy atom. The number of allylic oxidation sites excluding steroid dienone is 1. The molecule has 0 N–H and O–H groups in total. The third-order valence-electron chi connectivity index (χ3n) is 1.72. The lowest BCUT2D eigenvalue weighted by Crippen LogP contribution is -2.05. The van der Waals surface area contributed by atoms with Gasteiger partial charge in [0.05, 0.1) is 0 Å². The summed E-state index contributed by atoms with van der Waals surface area (Å²) in [5.41, 5.74) is 0. The third kappa shape index (κ3) is 8.97. The van der Waals surface area contributed by atoms with Crippen molar-refractivity contribution in [1.82, 2.24) is 0 Å². The summed E-state index contributed by atoms with van der Waals surface area (Å²) >= 11 is 0. The maximum atomic E-state index is 10.8. The number of ether oxygens (including phenoxy) is 1. The highest BCUT2D eigenvalue weighted by Crippen LogP contribution is 2.02. The Morgan fingerprint density at radius 2 is 1.93 bits per heavy atom. The van der Waals surface area contributed by atoms with Crippen LogP contribution in [0.5, 0.6) is 0 Å². The number of carbonyl (C=O) groups is 2. The van der Waals surface area contributed by atoms with Gasteiger partial charge in [-0.1, -0.05) is 32.3 Å². The summed E-state index contributed by atoms with van der Waals surface area (Å²) in [5, 5.41) is 0. The molecule has 0 bridgehead atoms. The average molecular weight is 198 g/mol. The van der Waals surface area contributed by atoms with Gasteiger partial charge in [-0.25, -0.2) is 4.79 Å². The van der Waals surface area contributed by atoms with Crippen LogP contribution in [0, 0.1) is 0 Å². The summed E-state index contributed by atoms with van der Waals surface area (Å²) in [6.45, 7) is 3.37. The summed E-state index contributed by atoms with van der Waals surface area (Å²) in [4.78, 5) is 21.2. The first-order valence-electron chi connectivity index (χ1n) is 5.05. The van der Waals surface area contributed by atoms with E-state index in [0.717, 1.165) is 12.8 Å². The van der Waals surface area contributed by atoms with E-state index in [4.69, 9.17) is 0 Å². The van der Waals surface area contributed by atoms with E-state index >= 15 is 0 Å². The molecule has 0 saturated heterocycles. The highest BCUT2D eigenvalue weighted by molar-refractivity contribution is 5.91. The molecule has 0 fully saturated rings. The Labute approximate surface area is 85.1 Å². The van der Waals surface area contributed by atoms with Gasteiger partial charge in [-0.05, 0) is 12.8 Å². The molecule has 0 rings (SSSR count). The fourth-order valence-electron chi connectivity index (χ4n) is 1.04. The molecule has 0 aliphatic carbocycles. The van der Waals surface area contributed by atoms with Gasteiger partial charge in [0.1, 0.15) is 0 Å². The van der Waals surface area contributed by atoms with Crippen molar-refractivity contribution >= 4 is 11.9 Å². The Hall–Kier alpha value is -1.12. The average Bonchev–Trinajstić information content (AvgIpc) is 2.10. The lowest BCUT2D eigenvalue weighted by Gasteiger charge is -1.94. The van der Waals surface area contributed by atoms with Crippen LogP contribution in [0.15, 0.2) is 12.2 Å². The van der Waals surface area contributed by atoms with Crippen molar-refractivity contribution < 1.29 is 14.3 Å². The molecule has 3 heteroatoms. The second kappa shape index (κ2) is 8.48. The molecular formula is C11H18O3. The van der Waals surface area contributed by atoms with Crippen molar-refractivity contribution in [2.75, 3.05) is 0 Å². The Kier molecular flexibility index (Phi) is 7.80. The maximum Gasteiger partial charge on any atom is 0.338 e. The standard InChI is InChI=1S/C11H18O3/c1-3-4-5-6-7-8-9-11(13)14-10(2)12/h8-9H,3-7H2,1-2H3/b9-8+. The van der Waals surface area contributed by atoms with E-state index in [-0.39, 0.29) is 0 Å². The minimum atomic E-state index is -0.576. The zero-order valence-electron chi connectivity index (χ0n) is 8.91. The minimum Gasteiger partial charge on any atom is -0.390 e. The van der Waals surface area contributed by atoms with E-state index in [1.807, 2.05) is 0 Å². The fraction of sp³-hybridized carbons (Fsp3) is 0.636. The molecule has 0 aromatic heterocycles. The van der Waals surface area contributed by atoms with Crippen LogP contribution in [0.25, 0.3) is 0 Å². The molecule has 0 amide bonds. The van der Waals surface area contributed by atoms with Crippen molar-refractivity contribution in [3.63, 3.8) is 0 Å². The number of hydrogen-bond donors (Lipinski definition) is 0. The van der Waals surface area contributed by atoms with Gasteiger partial charge in [-0.3, -0.25) is 4.79 Å². The smallest absolute Gasteiger partial charge is 0.338 e. The fourth-order valence-corrected chi connectivity index (χ4v) is 1.04. The molecule has 0 aliphatic rings. The minimum absolute atomic E-state index is 0.564. The zero-order chi connectivity index (χ0) is 10.8. The second-order valence-corrected chi connectivity index (χ2v) is 3.16. The highest BCUT2D eigenvalue weighted by Gasteiger charge is 1.98. The molecule has 0 saturated carbocycles. The Morgan fingerprint density at radius 1 is 1.21 bits per heavy atom. The SMILES string of the molecule is CCCCCC/C=C/C(=O)OC(C)=O. The third-order valence-corrected chi connectivity index (χ3v) is 1.72. The number of unbranched alkanes of at least 4 members (excludes halogenated alkanes) is 4. The summed E-state index contributed by atoms with van der Waals surface area (Å²) in [6.07, 6.45) is 8.63. The van der Waals surface area contributed by atoms with Gasteiger partial charge >= 0.3 is 11.9 Å². The number of esters is 2. The first-order valence-corrected chi connectivity index (χ1v) is 5.05. The first-order chi connectivity index (χ1) is 6.66. The summed E-state index contributed by atoms with van der Waals surface area (Å²) < 4.78 is 4.31. The molecular weight excluding hydrogens is 180 g/mol. The molecule has 80 valence electrons. The monoisotopic (exact) mass is 198 g/mol. The Bertz CT molecular complexity index is 207. The largest absolute Gasteiger partial charge is 0.390 e. The highest BCUT2D eigenvalue weighted by atomic mass is 16.6. The zero-order valence-corrected chi connectivity index (χ0v) is 8.91. The Balaban J connectivity index is 3.42. The number of hydrogen-bond acceptors (Lipinski definition) is 3. The first kappa shape index (κ1) is 12.9. The molecule has 0 aromatic carbocycles.